The van der Waals surface area contributed by atoms with Crippen LogP contribution in [0.4, 0.5) is 5.82 Å². The molecule has 1 fully saturated rings. The highest BCUT2D eigenvalue weighted by Gasteiger charge is 2.29. The molecule has 1 aliphatic heterocycles. The number of anilines is 1. The Labute approximate surface area is 204 Å². The molecule has 2 aromatic rings. The highest BCUT2D eigenvalue weighted by Crippen LogP contribution is 2.22. The minimum atomic E-state index is -0.666. The van der Waals surface area contributed by atoms with Crippen molar-refractivity contribution in [2.75, 3.05) is 31.1 Å². The van der Waals surface area contributed by atoms with E-state index in [1.807, 2.05) is 18.7 Å². The summed E-state index contributed by atoms with van der Waals surface area (Å²) in [5, 5.41) is 12.9. The second-order valence-electron chi connectivity index (χ2n) is 8.43. The molecule has 1 atom stereocenters. The lowest BCUT2D eigenvalue weighted by molar-refractivity contribution is -0.133. The molecule has 1 aromatic heterocycles. The molecule has 2 heterocycles. The molecule has 1 unspecified atom stereocenters. The molecule has 3 rings (SSSR count). The van der Waals surface area contributed by atoms with Gasteiger partial charge in [0, 0.05) is 37.4 Å². The smallest absolute Gasteiger partial charge is 0.253 e. The summed E-state index contributed by atoms with van der Waals surface area (Å²) in [5.41, 5.74) is 0.797. The topological polar surface area (TPSA) is 89.3 Å². The summed E-state index contributed by atoms with van der Waals surface area (Å²) in [7, 11) is 0. The molecule has 1 saturated heterocycles. The van der Waals surface area contributed by atoms with Crippen LogP contribution in [0, 0.1) is 17.2 Å². The van der Waals surface area contributed by atoms with Gasteiger partial charge >= 0.3 is 0 Å². The third-order valence-electron chi connectivity index (χ3n) is 5.50. The van der Waals surface area contributed by atoms with E-state index in [0.717, 1.165) is 6.42 Å². The average molecular weight is 488 g/mol. The van der Waals surface area contributed by atoms with Gasteiger partial charge in [0.05, 0.1) is 16.1 Å². The third-order valence-corrected chi connectivity index (χ3v) is 6.05. The van der Waals surface area contributed by atoms with Gasteiger partial charge in [-0.2, -0.15) is 5.26 Å². The van der Waals surface area contributed by atoms with E-state index in [-0.39, 0.29) is 22.4 Å². The standard InChI is InChI=1S/C24H27Cl2N5O2/c1-16(2)13-21(29-23(32)19-7-6-18(25)14-20(19)26)24(33)31-10-4-9-30(11-12-31)22-17(15-27)5-3-8-28-22/h3,5-8,14,16,21H,4,9-13H2,1-2H3,(H,29,32). The molecule has 2 amide bonds. The van der Waals surface area contributed by atoms with Gasteiger partial charge in [0.15, 0.2) is 0 Å². The molecule has 0 saturated carbocycles. The van der Waals surface area contributed by atoms with Gasteiger partial charge in [-0.25, -0.2) is 4.98 Å². The Morgan fingerprint density at radius 2 is 1.97 bits per heavy atom. The number of nitrogens with zero attached hydrogens (tertiary/aromatic N) is 4. The van der Waals surface area contributed by atoms with Crippen molar-refractivity contribution in [3.63, 3.8) is 0 Å². The van der Waals surface area contributed by atoms with E-state index in [1.54, 1.807) is 35.4 Å². The Morgan fingerprint density at radius 1 is 1.18 bits per heavy atom. The number of hydrogen-bond acceptors (Lipinski definition) is 5. The van der Waals surface area contributed by atoms with Crippen molar-refractivity contribution in [1.29, 1.82) is 5.26 Å². The molecule has 1 aromatic carbocycles. The lowest BCUT2D eigenvalue weighted by atomic mass is 10.0. The van der Waals surface area contributed by atoms with Gasteiger partial charge in [-0.05, 0) is 49.1 Å². The number of halogens is 2. The zero-order valence-corrected chi connectivity index (χ0v) is 20.2. The molecule has 174 valence electrons. The van der Waals surface area contributed by atoms with Crippen LogP contribution in [-0.2, 0) is 4.79 Å². The molecule has 0 spiro atoms. The zero-order chi connectivity index (χ0) is 24.0. The Hall–Kier alpha value is -2.82. The normalized spacial score (nSPS) is 15.0. The van der Waals surface area contributed by atoms with Crippen LogP contribution < -0.4 is 10.2 Å². The maximum Gasteiger partial charge on any atom is 0.253 e. The summed E-state index contributed by atoms with van der Waals surface area (Å²) in [6, 6.07) is 9.65. The van der Waals surface area contributed by atoms with Crippen molar-refractivity contribution in [1.82, 2.24) is 15.2 Å². The van der Waals surface area contributed by atoms with E-state index >= 15 is 0 Å². The third kappa shape index (κ3) is 6.37. The first-order valence-electron chi connectivity index (χ1n) is 10.9. The van der Waals surface area contributed by atoms with Crippen molar-refractivity contribution < 1.29 is 9.59 Å². The summed E-state index contributed by atoms with van der Waals surface area (Å²) in [6.07, 6.45) is 2.91. The summed E-state index contributed by atoms with van der Waals surface area (Å²) in [5.74, 6) is 0.318. The summed E-state index contributed by atoms with van der Waals surface area (Å²) < 4.78 is 0. The van der Waals surface area contributed by atoms with Crippen LogP contribution in [0.5, 0.6) is 0 Å². The van der Waals surface area contributed by atoms with Crippen LogP contribution in [-0.4, -0.2) is 53.9 Å². The molecule has 33 heavy (non-hydrogen) atoms. The lowest BCUT2D eigenvalue weighted by Crippen LogP contribution is -2.50. The molecule has 0 aliphatic carbocycles. The number of amides is 2. The predicted molar refractivity (Wildman–Crippen MR) is 130 cm³/mol. The first-order chi connectivity index (χ1) is 15.8. The number of nitriles is 1. The Kier molecular flexibility index (Phi) is 8.54. The van der Waals surface area contributed by atoms with E-state index in [4.69, 9.17) is 23.2 Å². The number of carbonyl (C=O) groups is 2. The predicted octanol–water partition coefficient (Wildman–Crippen LogP) is 4.14. The van der Waals surface area contributed by atoms with Gasteiger partial charge in [0.2, 0.25) is 5.91 Å². The monoisotopic (exact) mass is 487 g/mol. The van der Waals surface area contributed by atoms with Crippen LogP contribution in [0.3, 0.4) is 0 Å². The molecule has 7 nitrogen and oxygen atoms in total. The first-order valence-corrected chi connectivity index (χ1v) is 11.7. The van der Waals surface area contributed by atoms with Gasteiger partial charge < -0.3 is 15.1 Å². The number of carbonyl (C=O) groups excluding carboxylic acids is 2. The van der Waals surface area contributed by atoms with Crippen LogP contribution in [0.25, 0.3) is 0 Å². The molecule has 9 heteroatoms. The Morgan fingerprint density at radius 3 is 2.67 bits per heavy atom. The number of aromatic nitrogens is 1. The number of pyridine rings is 1. The van der Waals surface area contributed by atoms with Crippen molar-refractivity contribution in [3.05, 3.63) is 57.7 Å². The van der Waals surface area contributed by atoms with Crippen molar-refractivity contribution in [2.24, 2.45) is 5.92 Å². The lowest BCUT2D eigenvalue weighted by Gasteiger charge is -2.28. The summed E-state index contributed by atoms with van der Waals surface area (Å²) >= 11 is 12.1. The maximum absolute atomic E-state index is 13.4. The van der Waals surface area contributed by atoms with Crippen LogP contribution in [0.2, 0.25) is 10.0 Å². The molecular weight excluding hydrogens is 461 g/mol. The average Bonchev–Trinajstić information content (AvgIpc) is 3.04. The first kappa shape index (κ1) is 24.8. The Balaban J connectivity index is 1.72. The maximum atomic E-state index is 13.4. The second-order valence-corrected chi connectivity index (χ2v) is 9.28. The van der Waals surface area contributed by atoms with Crippen LogP contribution in [0.1, 0.15) is 42.6 Å². The zero-order valence-electron chi connectivity index (χ0n) is 18.7. The molecule has 1 N–H and O–H groups in total. The largest absolute Gasteiger partial charge is 0.354 e. The molecule has 0 radical (unpaired) electrons. The van der Waals surface area contributed by atoms with Gasteiger partial charge in [0.1, 0.15) is 17.9 Å². The molecule has 0 bridgehead atoms. The van der Waals surface area contributed by atoms with E-state index in [0.29, 0.717) is 49.0 Å². The Bertz CT molecular complexity index is 1050. The van der Waals surface area contributed by atoms with Crippen LogP contribution >= 0.6 is 23.2 Å². The van der Waals surface area contributed by atoms with Gasteiger partial charge in [-0.1, -0.05) is 37.0 Å². The number of nitrogens with one attached hydrogen (secondary N) is 1. The minimum Gasteiger partial charge on any atom is -0.354 e. The minimum absolute atomic E-state index is 0.120. The van der Waals surface area contributed by atoms with E-state index in [9.17, 15) is 14.9 Å². The highest BCUT2D eigenvalue weighted by molar-refractivity contribution is 6.36. The summed E-state index contributed by atoms with van der Waals surface area (Å²) in [6.45, 7) is 6.31. The number of hydrogen-bond donors (Lipinski definition) is 1. The van der Waals surface area contributed by atoms with Crippen molar-refractivity contribution in [3.8, 4) is 6.07 Å². The van der Waals surface area contributed by atoms with Gasteiger partial charge in [0.25, 0.3) is 5.91 Å². The van der Waals surface area contributed by atoms with Gasteiger partial charge in [-0.15, -0.1) is 0 Å². The summed E-state index contributed by atoms with van der Waals surface area (Å²) in [4.78, 5) is 34.5. The van der Waals surface area contributed by atoms with E-state index in [1.165, 1.54) is 6.07 Å². The number of rotatable bonds is 6. The van der Waals surface area contributed by atoms with Crippen molar-refractivity contribution in [2.45, 2.75) is 32.7 Å². The second kappa shape index (κ2) is 11.4. The van der Waals surface area contributed by atoms with E-state index in [2.05, 4.69) is 16.4 Å². The SMILES string of the molecule is CC(C)CC(NC(=O)c1ccc(Cl)cc1Cl)C(=O)N1CCCN(c2ncccc2C#N)CC1. The fraction of sp³-hybridized carbons (Fsp3) is 0.417. The van der Waals surface area contributed by atoms with E-state index < -0.39 is 11.9 Å². The van der Waals surface area contributed by atoms with Crippen LogP contribution in [0.15, 0.2) is 36.5 Å². The fourth-order valence-electron chi connectivity index (χ4n) is 3.91. The van der Waals surface area contributed by atoms with Gasteiger partial charge in [-0.3, -0.25) is 9.59 Å². The van der Waals surface area contributed by atoms with Crippen molar-refractivity contribution >= 4 is 40.8 Å². The molecular formula is C24H27Cl2N5O2. The quantitative estimate of drug-likeness (QED) is 0.660. The number of benzene rings is 1. The molecule has 1 aliphatic rings. The fourth-order valence-corrected chi connectivity index (χ4v) is 4.40. The highest BCUT2D eigenvalue weighted by atomic mass is 35.5.